The summed E-state index contributed by atoms with van der Waals surface area (Å²) in [7, 11) is 0. The Hall–Kier alpha value is -0.830. The van der Waals surface area contributed by atoms with Crippen molar-refractivity contribution < 1.29 is 9.90 Å². The minimum Gasteiger partial charge on any atom is -0.478 e. The predicted octanol–water partition coefficient (Wildman–Crippen LogP) is 1.36. The van der Waals surface area contributed by atoms with Gasteiger partial charge >= 0.3 is 5.97 Å². The molecule has 3 aliphatic heterocycles. The van der Waals surface area contributed by atoms with Crippen LogP contribution in [-0.2, 0) is 4.79 Å². The molecule has 2 bridgehead atoms. The Labute approximate surface area is 79.0 Å². The Bertz CT molecular complexity index is 160. The summed E-state index contributed by atoms with van der Waals surface area (Å²) in [6.45, 7) is 7.14. The van der Waals surface area contributed by atoms with Gasteiger partial charge in [0.15, 0.2) is 0 Å². The van der Waals surface area contributed by atoms with Crippen LogP contribution in [0.25, 0.3) is 0 Å². The maximum absolute atomic E-state index is 9.25. The minimum atomic E-state index is -0.981. The second kappa shape index (κ2) is 5.02. The highest BCUT2D eigenvalue weighted by molar-refractivity contribution is 5.78. The molecule has 0 aromatic heterocycles. The van der Waals surface area contributed by atoms with Crippen LogP contribution in [0.2, 0.25) is 0 Å². The van der Waals surface area contributed by atoms with Crippen molar-refractivity contribution in [1.82, 2.24) is 4.90 Å². The van der Waals surface area contributed by atoms with Crippen molar-refractivity contribution in [2.75, 3.05) is 19.6 Å². The molecule has 0 spiro atoms. The molecule has 0 aromatic carbocycles. The molecular weight excluding hydrogens is 166 g/mol. The van der Waals surface area contributed by atoms with Crippen LogP contribution < -0.4 is 0 Å². The van der Waals surface area contributed by atoms with E-state index in [2.05, 4.69) is 11.5 Å². The molecule has 3 saturated heterocycles. The van der Waals surface area contributed by atoms with Crippen LogP contribution in [0.3, 0.4) is 0 Å². The van der Waals surface area contributed by atoms with Gasteiger partial charge in [0.1, 0.15) is 0 Å². The predicted molar refractivity (Wildman–Crippen MR) is 51.6 cm³/mol. The zero-order chi connectivity index (χ0) is 9.68. The second-order valence-electron chi connectivity index (χ2n) is 3.62. The van der Waals surface area contributed by atoms with Gasteiger partial charge in [-0.15, -0.1) is 0 Å². The molecule has 0 atom stereocenters. The van der Waals surface area contributed by atoms with E-state index in [1.807, 2.05) is 0 Å². The van der Waals surface area contributed by atoms with Gasteiger partial charge in [0, 0.05) is 6.08 Å². The number of hydrogen-bond acceptors (Lipinski definition) is 2. The Morgan fingerprint density at radius 1 is 1.31 bits per heavy atom. The monoisotopic (exact) mass is 183 g/mol. The lowest BCUT2D eigenvalue weighted by atomic mass is 9.89. The third-order valence-electron chi connectivity index (χ3n) is 2.74. The van der Waals surface area contributed by atoms with E-state index in [0.717, 1.165) is 12.0 Å². The molecule has 3 fully saturated rings. The highest BCUT2D eigenvalue weighted by Crippen LogP contribution is 2.26. The van der Waals surface area contributed by atoms with E-state index in [-0.39, 0.29) is 0 Å². The highest BCUT2D eigenvalue weighted by atomic mass is 16.4. The molecule has 3 aliphatic rings. The molecule has 0 aliphatic carbocycles. The van der Waals surface area contributed by atoms with E-state index >= 15 is 0 Å². The summed E-state index contributed by atoms with van der Waals surface area (Å²) in [5, 5.41) is 7.60. The normalized spacial score (nSPS) is 30.2. The molecule has 0 radical (unpaired) electrons. The SMILES string of the molecule is C1CN2CCC1CC2.C=CC(=O)O. The van der Waals surface area contributed by atoms with Crippen molar-refractivity contribution >= 4 is 5.97 Å². The van der Waals surface area contributed by atoms with Gasteiger partial charge in [-0.1, -0.05) is 6.58 Å². The van der Waals surface area contributed by atoms with Crippen LogP contribution in [0.15, 0.2) is 12.7 Å². The van der Waals surface area contributed by atoms with Crippen molar-refractivity contribution in [2.24, 2.45) is 5.92 Å². The number of piperidine rings is 3. The number of carboxylic acids is 1. The van der Waals surface area contributed by atoms with Crippen LogP contribution in [0.5, 0.6) is 0 Å². The van der Waals surface area contributed by atoms with E-state index in [4.69, 9.17) is 5.11 Å². The lowest BCUT2D eigenvalue weighted by Crippen LogP contribution is -2.41. The van der Waals surface area contributed by atoms with Crippen LogP contribution in [0, 0.1) is 5.92 Å². The smallest absolute Gasteiger partial charge is 0.327 e. The zero-order valence-electron chi connectivity index (χ0n) is 7.91. The quantitative estimate of drug-likeness (QED) is 0.624. The maximum atomic E-state index is 9.25. The number of fused-ring (bicyclic) bond motifs is 3. The summed E-state index contributed by atoms with van der Waals surface area (Å²) in [6.07, 6.45) is 5.29. The van der Waals surface area contributed by atoms with Crippen LogP contribution in [0.1, 0.15) is 19.3 Å². The van der Waals surface area contributed by atoms with E-state index in [9.17, 15) is 4.79 Å². The molecule has 3 heterocycles. The topological polar surface area (TPSA) is 40.5 Å². The number of hydrogen-bond donors (Lipinski definition) is 1. The number of carbonyl (C=O) groups is 1. The van der Waals surface area contributed by atoms with Gasteiger partial charge in [0.05, 0.1) is 0 Å². The molecule has 0 unspecified atom stereocenters. The molecule has 13 heavy (non-hydrogen) atoms. The Kier molecular flexibility index (Phi) is 3.96. The number of nitrogens with zero attached hydrogens (tertiary/aromatic N) is 1. The number of aliphatic carboxylic acids is 1. The summed E-state index contributed by atoms with van der Waals surface area (Å²) in [5.41, 5.74) is 0. The first-order valence-corrected chi connectivity index (χ1v) is 4.80. The molecule has 3 nitrogen and oxygen atoms in total. The third-order valence-corrected chi connectivity index (χ3v) is 2.74. The molecule has 3 rings (SSSR count). The molecule has 3 heteroatoms. The van der Waals surface area contributed by atoms with Crippen molar-refractivity contribution in [3.63, 3.8) is 0 Å². The molecule has 0 aromatic rings. The summed E-state index contributed by atoms with van der Waals surface area (Å²) in [6, 6.07) is 0. The van der Waals surface area contributed by atoms with Gasteiger partial charge in [0.2, 0.25) is 0 Å². The summed E-state index contributed by atoms with van der Waals surface area (Å²) in [5.74, 6) is 0.130. The van der Waals surface area contributed by atoms with Gasteiger partial charge in [-0.2, -0.15) is 0 Å². The average molecular weight is 183 g/mol. The molecular formula is C10H17NO2. The van der Waals surface area contributed by atoms with Gasteiger partial charge < -0.3 is 10.0 Å². The van der Waals surface area contributed by atoms with Gasteiger partial charge in [-0.05, 0) is 44.8 Å². The lowest BCUT2D eigenvalue weighted by molar-refractivity contribution is -0.131. The first kappa shape index (κ1) is 10.3. The van der Waals surface area contributed by atoms with Crippen molar-refractivity contribution in [1.29, 1.82) is 0 Å². The van der Waals surface area contributed by atoms with E-state index in [1.54, 1.807) is 0 Å². The molecule has 0 amide bonds. The van der Waals surface area contributed by atoms with Gasteiger partial charge in [-0.3, -0.25) is 0 Å². The van der Waals surface area contributed by atoms with Gasteiger partial charge in [0.25, 0.3) is 0 Å². The zero-order valence-corrected chi connectivity index (χ0v) is 7.91. The fourth-order valence-corrected chi connectivity index (χ4v) is 1.86. The molecule has 74 valence electrons. The second-order valence-corrected chi connectivity index (χ2v) is 3.62. The van der Waals surface area contributed by atoms with E-state index in [1.165, 1.54) is 38.9 Å². The van der Waals surface area contributed by atoms with Gasteiger partial charge in [-0.25, -0.2) is 4.79 Å². The summed E-state index contributed by atoms with van der Waals surface area (Å²) in [4.78, 5) is 11.8. The average Bonchev–Trinajstić information content (AvgIpc) is 2.21. The number of rotatable bonds is 1. The Morgan fingerprint density at radius 2 is 1.69 bits per heavy atom. The van der Waals surface area contributed by atoms with Crippen molar-refractivity contribution in [2.45, 2.75) is 19.3 Å². The summed E-state index contributed by atoms with van der Waals surface area (Å²) >= 11 is 0. The van der Waals surface area contributed by atoms with Crippen LogP contribution >= 0.6 is 0 Å². The molecule has 0 saturated carbocycles. The number of carboxylic acid groups (broad SMARTS) is 1. The lowest BCUT2D eigenvalue weighted by Gasteiger charge is -2.38. The Balaban J connectivity index is 0.000000149. The first-order chi connectivity index (χ1) is 6.22. The Morgan fingerprint density at radius 3 is 1.77 bits per heavy atom. The van der Waals surface area contributed by atoms with E-state index < -0.39 is 5.97 Å². The largest absolute Gasteiger partial charge is 0.478 e. The fourth-order valence-electron chi connectivity index (χ4n) is 1.86. The summed E-state index contributed by atoms with van der Waals surface area (Å²) < 4.78 is 0. The standard InChI is InChI=1S/C7H13N.C3H4O2/c1-4-8-5-2-7(1)3-6-8;1-2-3(4)5/h7H,1-6H2;2H,1H2,(H,4,5). The van der Waals surface area contributed by atoms with Crippen LogP contribution in [0.4, 0.5) is 0 Å². The van der Waals surface area contributed by atoms with Crippen molar-refractivity contribution in [3.05, 3.63) is 12.7 Å². The fraction of sp³-hybridized carbons (Fsp3) is 0.700. The van der Waals surface area contributed by atoms with E-state index in [0.29, 0.717) is 0 Å². The van der Waals surface area contributed by atoms with Crippen molar-refractivity contribution in [3.8, 4) is 0 Å². The minimum absolute atomic E-state index is 0.833. The van der Waals surface area contributed by atoms with Crippen LogP contribution in [-0.4, -0.2) is 35.6 Å². The first-order valence-electron chi connectivity index (χ1n) is 4.80. The molecule has 1 N–H and O–H groups in total. The third kappa shape index (κ3) is 3.59. The highest BCUT2D eigenvalue weighted by Gasteiger charge is 2.24. The maximum Gasteiger partial charge on any atom is 0.327 e.